The van der Waals surface area contributed by atoms with Crippen molar-refractivity contribution in [3.63, 3.8) is 0 Å². The summed E-state index contributed by atoms with van der Waals surface area (Å²) in [5.41, 5.74) is 1.46. The van der Waals surface area contributed by atoms with Gasteiger partial charge in [-0.25, -0.2) is 0 Å². The summed E-state index contributed by atoms with van der Waals surface area (Å²) in [4.78, 5) is 20.0. The van der Waals surface area contributed by atoms with E-state index in [1.54, 1.807) is 24.3 Å². The smallest absolute Gasteiger partial charge is 0.150 e. The average Bonchev–Trinajstić information content (AvgIpc) is 2.41. The molecule has 88 valence electrons. The van der Waals surface area contributed by atoms with Crippen molar-refractivity contribution in [3.8, 4) is 0 Å². The van der Waals surface area contributed by atoms with Gasteiger partial charge in [-0.2, -0.15) is 13.5 Å². The first kappa shape index (κ1) is 15.1. The maximum Gasteiger partial charge on any atom is 0.150 e. The third-order valence-corrected chi connectivity index (χ3v) is 1.87. The van der Waals surface area contributed by atoms with Gasteiger partial charge in [-0.05, 0) is 0 Å². The van der Waals surface area contributed by atoms with Gasteiger partial charge in [0.15, 0.2) is 0 Å². The predicted molar refractivity (Wildman–Crippen MR) is 74.0 cm³/mol. The third kappa shape index (κ3) is 6.33. The van der Waals surface area contributed by atoms with Gasteiger partial charge in [0, 0.05) is 11.1 Å². The first-order valence-corrected chi connectivity index (χ1v) is 4.87. The zero-order valence-corrected chi connectivity index (χ0v) is 10.2. The van der Waals surface area contributed by atoms with Crippen LogP contribution in [0.25, 0.3) is 0 Å². The van der Waals surface area contributed by atoms with Crippen molar-refractivity contribution < 1.29 is 9.59 Å². The second kappa shape index (κ2) is 9.36. The molecule has 0 saturated carbocycles. The van der Waals surface area contributed by atoms with Gasteiger partial charge in [0.25, 0.3) is 0 Å². The van der Waals surface area contributed by atoms with Gasteiger partial charge in [-0.1, -0.05) is 60.7 Å². The summed E-state index contributed by atoms with van der Waals surface area (Å²) in [5.74, 6) is 0. The second-order valence-electron chi connectivity index (χ2n) is 3.06. The molecule has 0 N–H and O–H groups in total. The Morgan fingerprint density at radius 2 is 0.882 bits per heavy atom. The highest BCUT2D eigenvalue weighted by Gasteiger charge is 1.80. The Morgan fingerprint density at radius 3 is 1.06 bits per heavy atom. The van der Waals surface area contributed by atoms with E-state index < -0.39 is 0 Å². The molecule has 0 fully saturated rings. The van der Waals surface area contributed by atoms with Crippen LogP contribution >= 0.6 is 13.5 Å². The molecule has 2 rings (SSSR count). The van der Waals surface area contributed by atoms with Crippen LogP contribution in [-0.4, -0.2) is 12.6 Å². The summed E-state index contributed by atoms with van der Waals surface area (Å²) >= 11 is 0. The Hall–Kier alpha value is -1.87. The van der Waals surface area contributed by atoms with Crippen LogP contribution in [0.15, 0.2) is 60.7 Å². The summed E-state index contributed by atoms with van der Waals surface area (Å²) < 4.78 is 0. The zero-order valence-electron chi connectivity index (χ0n) is 9.24. The van der Waals surface area contributed by atoms with E-state index in [0.717, 1.165) is 23.7 Å². The number of rotatable bonds is 2. The molecule has 0 aliphatic rings. The highest BCUT2D eigenvalue weighted by molar-refractivity contribution is 7.59. The van der Waals surface area contributed by atoms with Crippen LogP contribution < -0.4 is 0 Å². The van der Waals surface area contributed by atoms with E-state index in [1.165, 1.54) is 0 Å². The topological polar surface area (TPSA) is 34.1 Å². The van der Waals surface area contributed by atoms with E-state index in [2.05, 4.69) is 0 Å². The van der Waals surface area contributed by atoms with Gasteiger partial charge in [0.2, 0.25) is 0 Å². The minimum absolute atomic E-state index is 0. The number of hydrogen-bond acceptors (Lipinski definition) is 2. The van der Waals surface area contributed by atoms with Crippen molar-refractivity contribution in [2.45, 2.75) is 0 Å². The van der Waals surface area contributed by atoms with Crippen molar-refractivity contribution in [2.24, 2.45) is 0 Å². The SMILES string of the molecule is O=Cc1ccccc1.O=Cc1ccccc1.S. The molecule has 0 heterocycles. The Bertz CT molecular complexity index is 383. The molecular weight excluding hydrogens is 232 g/mol. The van der Waals surface area contributed by atoms with Gasteiger partial charge >= 0.3 is 0 Å². The average molecular weight is 246 g/mol. The lowest BCUT2D eigenvalue weighted by molar-refractivity contribution is 0.111. The number of carbonyl (C=O) groups is 2. The fraction of sp³-hybridized carbons (Fsp3) is 0. The van der Waals surface area contributed by atoms with E-state index in [-0.39, 0.29) is 13.5 Å². The molecule has 0 radical (unpaired) electrons. The summed E-state index contributed by atoms with van der Waals surface area (Å²) in [5, 5.41) is 0. The summed E-state index contributed by atoms with van der Waals surface area (Å²) in [6, 6.07) is 18.2. The van der Waals surface area contributed by atoms with E-state index in [4.69, 9.17) is 0 Å². The van der Waals surface area contributed by atoms with Gasteiger partial charge in [-0.15, -0.1) is 0 Å². The van der Waals surface area contributed by atoms with E-state index >= 15 is 0 Å². The molecule has 0 amide bonds. The molecule has 0 bridgehead atoms. The van der Waals surface area contributed by atoms with Crippen molar-refractivity contribution in [1.29, 1.82) is 0 Å². The number of aldehydes is 2. The monoisotopic (exact) mass is 246 g/mol. The third-order valence-electron chi connectivity index (χ3n) is 1.87. The van der Waals surface area contributed by atoms with Crippen LogP contribution in [0, 0.1) is 0 Å². The van der Waals surface area contributed by atoms with E-state index in [9.17, 15) is 9.59 Å². The predicted octanol–water partition coefficient (Wildman–Crippen LogP) is 3.11. The van der Waals surface area contributed by atoms with Crippen LogP contribution in [-0.2, 0) is 0 Å². The maximum atomic E-state index is 10.0. The standard InChI is InChI=1S/2C7H6O.H2S/c2*8-6-7-4-2-1-3-5-7;/h2*1-6H;1H2. The van der Waals surface area contributed by atoms with Crippen molar-refractivity contribution in [3.05, 3.63) is 71.8 Å². The lowest BCUT2D eigenvalue weighted by Gasteiger charge is -1.81. The summed E-state index contributed by atoms with van der Waals surface area (Å²) in [6.45, 7) is 0. The summed E-state index contributed by atoms with van der Waals surface area (Å²) in [6.07, 6.45) is 1.67. The maximum absolute atomic E-state index is 10.0. The first-order valence-electron chi connectivity index (χ1n) is 4.87. The minimum atomic E-state index is 0. The van der Waals surface area contributed by atoms with Gasteiger partial charge in [-0.3, -0.25) is 9.59 Å². The Morgan fingerprint density at radius 1 is 0.588 bits per heavy atom. The lowest BCUT2D eigenvalue weighted by Crippen LogP contribution is -1.73. The largest absolute Gasteiger partial charge is 0.298 e. The van der Waals surface area contributed by atoms with Crippen molar-refractivity contribution >= 4 is 26.1 Å². The zero-order chi connectivity index (χ0) is 11.6. The van der Waals surface area contributed by atoms with Crippen LogP contribution in [0.1, 0.15) is 20.7 Å². The van der Waals surface area contributed by atoms with Gasteiger partial charge in [0.1, 0.15) is 12.6 Å². The molecule has 2 nitrogen and oxygen atoms in total. The molecule has 0 atom stereocenters. The van der Waals surface area contributed by atoms with Gasteiger partial charge < -0.3 is 0 Å². The number of benzene rings is 2. The van der Waals surface area contributed by atoms with Crippen LogP contribution in [0.2, 0.25) is 0 Å². The van der Waals surface area contributed by atoms with E-state index in [0.29, 0.717) is 0 Å². The number of hydrogen-bond donors (Lipinski definition) is 0. The Balaban J connectivity index is 0.000000284. The molecular formula is C14H14O2S. The highest BCUT2D eigenvalue weighted by atomic mass is 32.1. The fourth-order valence-electron chi connectivity index (χ4n) is 1.06. The number of carbonyl (C=O) groups excluding carboxylic acids is 2. The molecule has 2 aromatic rings. The molecule has 17 heavy (non-hydrogen) atoms. The summed E-state index contributed by atoms with van der Waals surface area (Å²) in [7, 11) is 0. The van der Waals surface area contributed by atoms with Crippen LogP contribution in [0.3, 0.4) is 0 Å². The Kier molecular flexibility index (Phi) is 8.33. The van der Waals surface area contributed by atoms with Gasteiger partial charge in [0.05, 0.1) is 0 Å². The molecule has 0 saturated heterocycles. The van der Waals surface area contributed by atoms with Crippen molar-refractivity contribution in [2.75, 3.05) is 0 Å². The molecule has 0 aliphatic heterocycles. The first-order chi connectivity index (χ1) is 7.86. The van der Waals surface area contributed by atoms with Crippen LogP contribution in [0.4, 0.5) is 0 Å². The van der Waals surface area contributed by atoms with Crippen molar-refractivity contribution in [1.82, 2.24) is 0 Å². The minimum Gasteiger partial charge on any atom is -0.298 e. The lowest BCUT2D eigenvalue weighted by atomic mass is 10.2. The molecule has 0 aromatic heterocycles. The van der Waals surface area contributed by atoms with E-state index in [1.807, 2.05) is 36.4 Å². The molecule has 0 spiro atoms. The second-order valence-corrected chi connectivity index (χ2v) is 3.06. The fourth-order valence-corrected chi connectivity index (χ4v) is 1.06. The Labute approximate surface area is 108 Å². The molecule has 3 heteroatoms. The molecule has 0 unspecified atom stereocenters. The molecule has 2 aromatic carbocycles. The highest BCUT2D eigenvalue weighted by Crippen LogP contribution is 1.92. The quantitative estimate of drug-likeness (QED) is 0.763. The van der Waals surface area contributed by atoms with Crippen LogP contribution in [0.5, 0.6) is 0 Å². The molecule has 0 aliphatic carbocycles. The normalized spacial score (nSPS) is 8.00.